The van der Waals surface area contributed by atoms with E-state index in [2.05, 4.69) is 5.32 Å². The number of carboxylic acids is 1. The fraction of sp³-hybridized carbons (Fsp3) is 0.467. The Balaban J connectivity index is 2.54. The molecule has 0 spiro atoms. The maximum atomic E-state index is 12.0. The number of methoxy groups -OCH3 is 1. The van der Waals surface area contributed by atoms with Crippen molar-refractivity contribution in [3.8, 4) is 5.75 Å². The molecule has 0 radical (unpaired) electrons. The van der Waals surface area contributed by atoms with Gasteiger partial charge in [-0.1, -0.05) is 6.07 Å². The number of amides is 1. The Morgan fingerprint density at radius 1 is 1.33 bits per heavy atom. The van der Waals surface area contributed by atoms with E-state index in [9.17, 15) is 9.59 Å². The number of carbonyl (C=O) groups is 2. The Hall–Kier alpha value is -2.08. The smallest absolute Gasteiger partial charge is 0.305 e. The van der Waals surface area contributed by atoms with E-state index >= 15 is 0 Å². The first-order valence-corrected chi connectivity index (χ1v) is 6.77. The van der Waals surface area contributed by atoms with E-state index in [1.54, 1.807) is 38.3 Å². The van der Waals surface area contributed by atoms with Crippen molar-refractivity contribution in [2.24, 2.45) is 0 Å². The predicted octanol–water partition coefficient (Wildman–Crippen LogP) is 1.69. The van der Waals surface area contributed by atoms with Crippen LogP contribution in [-0.2, 0) is 9.53 Å². The van der Waals surface area contributed by atoms with Crippen LogP contribution in [0.15, 0.2) is 24.3 Å². The monoisotopic (exact) mass is 295 g/mol. The van der Waals surface area contributed by atoms with Gasteiger partial charge in [0, 0.05) is 31.7 Å². The molecule has 0 saturated heterocycles. The third-order valence-corrected chi connectivity index (χ3v) is 2.72. The maximum absolute atomic E-state index is 12.0. The topological polar surface area (TPSA) is 84.9 Å². The largest absolute Gasteiger partial charge is 0.493 e. The van der Waals surface area contributed by atoms with E-state index < -0.39 is 12.0 Å². The summed E-state index contributed by atoms with van der Waals surface area (Å²) in [5, 5.41) is 11.3. The minimum Gasteiger partial charge on any atom is -0.493 e. The molecule has 6 nitrogen and oxygen atoms in total. The fourth-order valence-corrected chi connectivity index (χ4v) is 1.74. The highest BCUT2D eigenvalue weighted by Gasteiger charge is 2.13. The molecule has 1 amide bonds. The molecular formula is C15H21NO5. The predicted molar refractivity (Wildman–Crippen MR) is 77.6 cm³/mol. The lowest BCUT2D eigenvalue weighted by molar-refractivity contribution is -0.137. The molecule has 0 bridgehead atoms. The molecule has 0 heterocycles. The number of aliphatic carboxylic acids is 1. The summed E-state index contributed by atoms with van der Waals surface area (Å²) in [6.07, 6.45) is 0.654. The van der Waals surface area contributed by atoms with Gasteiger partial charge in [-0.2, -0.15) is 0 Å². The minimum absolute atomic E-state index is 0.112. The molecular weight excluding hydrogens is 274 g/mol. The standard InChI is InChI=1S/C15H21NO5/c1-11(9-14(17)18)16-15(19)12-5-3-6-13(10-12)21-8-4-7-20-2/h3,5-6,10-11H,4,7-9H2,1-2H3,(H,16,19)(H,17,18). The molecule has 1 aromatic carbocycles. The lowest BCUT2D eigenvalue weighted by Crippen LogP contribution is -2.34. The average molecular weight is 295 g/mol. The molecule has 0 aromatic heterocycles. The Labute approximate surface area is 124 Å². The Morgan fingerprint density at radius 2 is 2.10 bits per heavy atom. The highest BCUT2D eigenvalue weighted by atomic mass is 16.5. The third-order valence-electron chi connectivity index (χ3n) is 2.72. The molecule has 116 valence electrons. The number of carbonyl (C=O) groups excluding carboxylic acids is 1. The first kappa shape index (κ1) is 17.0. The molecule has 0 fully saturated rings. The van der Waals surface area contributed by atoms with Gasteiger partial charge in [0.25, 0.3) is 5.91 Å². The third kappa shape index (κ3) is 6.76. The van der Waals surface area contributed by atoms with Crippen molar-refractivity contribution in [2.45, 2.75) is 25.8 Å². The van der Waals surface area contributed by atoms with Gasteiger partial charge >= 0.3 is 5.97 Å². The number of rotatable bonds is 9. The first-order chi connectivity index (χ1) is 10.0. The van der Waals surface area contributed by atoms with Gasteiger partial charge in [-0.15, -0.1) is 0 Å². The van der Waals surface area contributed by atoms with Gasteiger partial charge in [-0.05, 0) is 25.1 Å². The Bertz CT molecular complexity index is 475. The van der Waals surface area contributed by atoms with Crippen molar-refractivity contribution >= 4 is 11.9 Å². The van der Waals surface area contributed by atoms with Crippen molar-refractivity contribution in [3.05, 3.63) is 29.8 Å². The average Bonchev–Trinajstić information content (AvgIpc) is 2.43. The van der Waals surface area contributed by atoms with Crippen molar-refractivity contribution < 1.29 is 24.2 Å². The summed E-state index contributed by atoms with van der Waals surface area (Å²) in [7, 11) is 1.63. The molecule has 0 saturated carbocycles. The molecule has 0 aliphatic heterocycles. The van der Waals surface area contributed by atoms with E-state index in [0.29, 0.717) is 24.5 Å². The lowest BCUT2D eigenvalue weighted by Gasteiger charge is -2.12. The second kappa shape index (κ2) is 8.97. The van der Waals surface area contributed by atoms with E-state index in [4.69, 9.17) is 14.6 Å². The zero-order valence-corrected chi connectivity index (χ0v) is 12.3. The zero-order valence-electron chi connectivity index (χ0n) is 12.3. The van der Waals surface area contributed by atoms with Crippen LogP contribution in [0.5, 0.6) is 5.75 Å². The lowest BCUT2D eigenvalue weighted by atomic mass is 10.1. The first-order valence-electron chi connectivity index (χ1n) is 6.77. The fourth-order valence-electron chi connectivity index (χ4n) is 1.74. The quantitative estimate of drug-likeness (QED) is 0.677. The highest BCUT2D eigenvalue weighted by molar-refractivity contribution is 5.94. The maximum Gasteiger partial charge on any atom is 0.305 e. The van der Waals surface area contributed by atoms with Crippen LogP contribution in [0.4, 0.5) is 0 Å². The van der Waals surface area contributed by atoms with Crippen LogP contribution in [0.3, 0.4) is 0 Å². The van der Waals surface area contributed by atoms with Crippen molar-refractivity contribution in [1.82, 2.24) is 5.32 Å². The summed E-state index contributed by atoms with van der Waals surface area (Å²) in [4.78, 5) is 22.6. The van der Waals surface area contributed by atoms with Crippen LogP contribution in [0.2, 0.25) is 0 Å². The van der Waals surface area contributed by atoms with Crippen molar-refractivity contribution in [2.75, 3.05) is 20.3 Å². The van der Waals surface area contributed by atoms with Gasteiger partial charge in [0.05, 0.1) is 13.0 Å². The normalized spacial score (nSPS) is 11.7. The van der Waals surface area contributed by atoms with Crippen molar-refractivity contribution in [1.29, 1.82) is 0 Å². The van der Waals surface area contributed by atoms with Crippen LogP contribution in [-0.4, -0.2) is 43.3 Å². The molecule has 1 aromatic rings. The molecule has 1 unspecified atom stereocenters. The second-order valence-corrected chi connectivity index (χ2v) is 4.70. The van der Waals surface area contributed by atoms with Gasteiger partial charge in [-0.3, -0.25) is 9.59 Å². The van der Waals surface area contributed by atoms with E-state index in [1.165, 1.54) is 0 Å². The molecule has 1 rings (SSSR count). The summed E-state index contributed by atoms with van der Waals surface area (Å²) in [6, 6.07) is 6.36. The van der Waals surface area contributed by atoms with Gasteiger partial charge in [0.1, 0.15) is 5.75 Å². The van der Waals surface area contributed by atoms with Crippen LogP contribution >= 0.6 is 0 Å². The van der Waals surface area contributed by atoms with Gasteiger partial charge in [-0.25, -0.2) is 0 Å². The minimum atomic E-state index is -0.946. The molecule has 1 atom stereocenters. The molecule has 21 heavy (non-hydrogen) atoms. The number of hydrogen-bond acceptors (Lipinski definition) is 4. The van der Waals surface area contributed by atoms with Crippen LogP contribution in [0.1, 0.15) is 30.1 Å². The van der Waals surface area contributed by atoms with Crippen LogP contribution < -0.4 is 10.1 Å². The summed E-state index contributed by atoms with van der Waals surface area (Å²) < 4.78 is 10.4. The molecule has 0 aliphatic carbocycles. The molecule has 6 heteroatoms. The van der Waals surface area contributed by atoms with E-state index in [1.807, 2.05) is 0 Å². The number of benzene rings is 1. The second-order valence-electron chi connectivity index (χ2n) is 4.70. The number of ether oxygens (including phenoxy) is 2. The Kier molecular flexibility index (Phi) is 7.25. The number of nitrogens with one attached hydrogen (secondary N) is 1. The summed E-state index contributed by atoms with van der Waals surface area (Å²) in [5.41, 5.74) is 0.441. The summed E-state index contributed by atoms with van der Waals surface area (Å²) >= 11 is 0. The van der Waals surface area contributed by atoms with Crippen molar-refractivity contribution in [3.63, 3.8) is 0 Å². The van der Waals surface area contributed by atoms with Crippen LogP contribution in [0.25, 0.3) is 0 Å². The highest BCUT2D eigenvalue weighted by Crippen LogP contribution is 2.14. The summed E-state index contributed by atoms with van der Waals surface area (Å²) in [6.45, 7) is 2.78. The van der Waals surface area contributed by atoms with Gasteiger partial charge in [0.2, 0.25) is 0 Å². The molecule has 2 N–H and O–H groups in total. The molecule has 0 aliphatic rings. The van der Waals surface area contributed by atoms with Crippen LogP contribution in [0, 0.1) is 0 Å². The van der Waals surface area contributed by atoms with E-state index in [0.717, 1.165) is 6.42 Å². The zero-order chi connectivity index (χ0) is 15.7. The van der Waals surface area contributed by atoms with E-state index in [-0.39, 0.29) is 12.3 Å². The van der Waals surface area contributed by atoms with Gasteiger partial charge in [0.15, 0.2) is 0 Å². The number of hydrogen-bond donors (Lipinski definition) is 2. The number of carboxylic acid groups (broad SMARTS) is 1. The Morgan fingerprint density at radius 3 is 2.76 bits per heavy atom. The SMILES string of the molecule is COCCCOc1cccc(C(=O)NC(C)CC(=O)O)c1. The summed E-state index contributed by atoms with van der Waals surface area (Å²) in [5.74, 6) is -0.659. The van der Waals surface area contributed by atoms with Gasteiger partial charge < -0.3 is 19.9 Å².